The molecule has 2 atom stereocenters. The molecule has 0 saturated heterocycles. The van der Waals surface area contributed by atoms with Gasteiger partial charge in [0.1, 0.15) is 18.6 Å². The molecule has 13 nitrogen and oxygen atoms in total. The van der Waals surface area contributed by atoms with Crippen molar-refractivity contribution in [2.75, 3.05) is 84.9 Å². The van der Waals surface area contributed by atoms with Crippen LogP contribution in [0.25, 0.3) is 21.8 Å². The lowest BCUT2D eigenvalue weighted by atomic mass is 10.1. The summed E-state index contributed by atoms with van der Waals surface area (Å²) in [5.41, 5.74) is 9.99. The Bertz CT molecular complexity index is 1700. The second-order valence-corrected chi connectivity index (χ2v) is 13.3. The Morgan fingerprint density at radius 1 is 0.865 bits per heavy atom. The van der Waals surface area contributed by atoms with Crippen LogP contribution in [-0.2, 0) is 36.8 Å². The average molecular weight is 735 g/mol. The molecular formula is C38H54N8O5S. The number of rotatable bonds is 26. The molecule has 2 amide bonds. The number of nitrogens with zero attached hydrogens (tertiary/aromatic N) is 3. The number of benzene rings is 2. The minimum absolute atomic E-state index is 0.0118. The maximum Gasteiger partial charge on any atom is 0.237 e. The Balaban J connectivity index is 1.59. The highest BCUT2D eigenvalue weighted by Gasteiger charge is 2.28. The standard InChI is InChI=1S/C38H54N8O5S/c1-51-19-14-40-31(27-47)23-45(17-11-29-21-42-35-9-4-2-7-33(29)35)26-38(50)46(18-12-30-22-43-36-10-5-3-8-34(30)36)32(28-48)24-44(16-6-13-39)25-37(49)41-15-20-52/h2-5,7-10,21-22,27-28,31-32,40,42-43,52H,6,11-20,23-26,39H2,1H3,(H,41,49). The summed E-state index contributed by atoms with van der Waals surface area (Å²) in [5.74, 6) is 0.0816. The molecule has 0 saturated carbocycles. The van der Waals surface area contributed by atoms with Gasteiger partial charge in [0.25, 0.3) is 0 Å². The van der Waals surface area contributed by atoms with Crippen molar-refractivity contribution in [2.24, 2.45) is 5.73 Å². The predicted molar refractivity (Wildman–Crippen MR) is 209 cm³/mol. The Morgan fingerprint density at radius 3 is 2.10 bits per heavy atom. The van der Waals surface area contributed by atoms with Gasteiger partial charge < -0.3 is 45.6 Å². The number of H-pyrrole nitrogens is 2. The van der Waals surface area contributed by atoms with Gasteiger partial charge in [0.15, 0.2) is 0 Å². The Morgan fingerprint density at radius 2 is 1.50 bits per heavy atom. The van der Waals surface area contributed by atoms with Crippen LogP contribution in [0.4, 0.5) is 0 Å². The molecule has 282 valence electrons. The first-order valence-corrected chi connectivity index (χ1v) is 18.6. The van der Waals surface area contributed by atoms with Crippen LogP contribution < -0.4 is 16.4 Å². The van der Waals surface area contributed by atoms with Gasteiger partial charge in [-0.2, -0.15) is 12.6 Å². The molecule has 0 spiro atoms. The summed E-state index contributed by atoms with van der Waals surface area (Å²) in [5, 5.41) is 8.21. The van der Waals surface area contributed by atoms with Gasteiger partial charge in [-0.25, -0.2) is 0 Å². The number of methoxy groups -OCH3 is 1. The van der Waals surface area contributed by atoms with Gasteiger partial charge in [0.2, 0.25) is 11.8 Å². The van der Waals surface area contributed by atoms with Gasteiger partial charge in [-0.3, -0.25) is 19.4 Å². The number of carbonyl (C=O) groups is 4. The fourth-order valence-corrected chi connectivity index (χ4v) is 6.56. The minimum Gasteiger partial charge on any atom is -0.383 e. The largest absolute Gasteiger partial charge is 0.383 e. The highest BCUT2D eigenvalue weighted by molar-refractivity contribution is 7.80. The first kappa shape index (κ1) is 40.7. The van der Waals surface area contributed by atoms with Gasteiger partial charge in [0.05, 0.1) is 25.7 Å². The maximum atomic E-state index is 14.5. The van der Waals surface area contributed by atoms with E-state index in [9.17, 15) is 19.2 Å². The van der Waals surface area contributed by atoms with Gasteiger partial charge in [-0.05, 0) is 55.6 Å². The number of ether oxygens (including phenoxy) is 1. The highest BCUT2D eigenvalue weighted by atomic mass is 32.1. The quantitative estimate of drug-likeness (QED) is 0.0319. The number of para-hydroxylation sites is 2. The lowest BCUT2D eigenvalue weighted by Gasteiger charge is -2.34. The Kier molecular flexibility index (Phi) is 17.3. The maximum absolute atomic E-state index is 14.5. The smallest absolute Gasteiger partial charge is 0.237 e. The highest BCUT2D eigenvalue weighted by Crippen LogP contribution is 2.20. The van der Waals surface area contributed by atoms with E-state index in [2.05, 4.69) is 39.3 Å². The third-order valence-electron chi connectivity index (χ3n) is 9.16. The fraction of sp³-hybridized carbons (Fsp3) is 0.474. The molecule has 0 fully saturated rings. The second kappa shape index (κ2) is 22.1. The van der Waals surface area contributed by atoms with Crippen LogP contribution in [0.15, 0.2) is 60.9 Å². The van der Waals surface area contributed by atoms with E-state index < -0.39 is 12.1 Å². The molecule has 0 aliphatic heterocycles. The molecule has 0 bridgehead atoms. The molecule has 2 unspecified atom stereocenters. The van der Waals surface area contributed by atoms with E-state index in [1.807, 2.05) is 64.7 Å². The molecule has 52 heavy (non-hydrogen) atoms. The van der Waals surface area contributed by atoms with E-state index in [4.69, 9.17) is 10.5 Å². The number of amides is 2. The SMILES string of the molecule is COCCNC(C=O)CN(CCc1c[nH]c2ccccc12)CC(=O)N(CCc1c[nH]c2ccccc12)C(C=O)CN(CCCN)CC(=O)NCCS. The second-order valence-electron chi connectivity index (χ2n) is 12.9. The van der Waals surface area contributed by atoms with Crippen molar-refractivity contribution in [1.29, 1.82) is 0 Å². The summed E-state index contributed by atoms with van der Waals surface area (Å²) in [6.45, 7) is 3.55. The number of aldehydes is 2. The van der Waals surface area contributed by atoms with Crippen molar-refractivity contribution in [2.45, 2.75) is 31.3 Å². The van der Waals surface area contributed by atoms with Crippen LogP contribution in [-0.4, -0.2) is 146 Å². The monoisotopic (exact) mass is 734 g/mol. The Labute approximate surface area is 311 Å². The van der Waals surface area contributed by atoms with E-state index in [1.54, 1.807) is 12.0 Å². The number of nitrogens with one attached hydrogen (secondary N) is 4. The number of fused-ring (bicyclic) bond motifs is 2. The summed E-state index contributed by atoms with van der Waals surface area (Å²) in [6.07, 6.45) is 7.35. The third kappa shape index (κ3) is 12.3. The van der Waals surface area contributed by atoms with Crippen LogP contribution >= 0.6 is 12.6 Å². The minimum atomic E-state index is -0.828. The van der Waals surface area contributed by atoms with Crippen LogP contribution in [0, 0.1) is 0 Å². The number of thiol groups is 1. The molecule has 6 N–H and O–H groups in total. The number of carbonyl (C=O) groups excluding carboxylic acids is 4. The van der Waals surface area contributed by atoms with Crippen LogP contribution in [0.1, 0.15) is 17.5 Å². The third-order valence-corrected chi connectivity index (χ3v) is 9.39. The van der Waals surface area contributed by atoms with Crippen molar-refractivity contribution < 1.29 is 23.9 Å². The van der Waals surface area contributed by atoms with Crippen molar-refractivity contribution >= 4 is 58.8 Å². The van der Waals surface area contributed by atoms with E-state index in [0.29, 0.717) is 64.3 Å². The summed E-state index contributed by atoms with van der Waals surface area (Å²) in [7, 11) is 1.60. The zero-order chi connectivity index (χ0) is 37.1. The average Bonchev–Trinajstić information content (AvgIpc) is 3.78. The number of nitrogens with two attached hydrogens (primary N) is 1. The van der Waals surface area contributed by atoms with Gasteiger partial charge in [-0.15, -0.1) is 0 Å². The van der Waals surface area contributed by atoms with E-state index in [1.165, 1.54) is 0 Å². The van der Waals surface area contributed by atoms with Crippen molar-refractivity contribution in [3.8, 4) is 0 Å². The normalized spacial score (nSPS) is 12.8. The molecule has 2 aromatic carbocycles. The van der Waals surface area contributed by atoms with E-state index in [-0.39, 0.29) is 44.5 Å². The van der Waals surface area contributed by atoms with E-state index >= 15 is 0 Å². The van der Waals surface area contributed by atoms with Crippen LogP contribution in [0.2, 0.25) is 0 Å². The first-order valence-electron chi connectivity index (χ1n) is 17.9. The van der Waals surface area contributed by atoms with Crippen molar-refractivity contribution in [3.05, 3.63) is 72.1 Å². The zero-order valence-electron chi connectivity index (χ0n) is 30.1. The lowest BCUT2D eigenvalue weighted by molar-refractivity contribution is -0.138. The predicted octanol–water partition coefficient (Wildman–Crippen LogP) is 1.63. The molecule has 2 aromatic heterocycles. The zero-order valence-corrected chi connectivity index (χ0v) is 31.0. The summed E-state index contributed by atoms with van der Waals surface area (Å²) < 4.78 is 5.17. The summed E-state index contributed by atoms with van der Waals surface area (Å²) in [4.78, 5) is 64.4. The molecule has 2 heterocycles. The molecule has 4 aromatic rings. The summed E-state index contributed by atoms with van der Waals surface area (Å²) >= 11 is 4.18. The first-order chi connectivity index (χ1) is 25.4. The molecule has 4 rings (SSSR count). The lowest BCUT2D eigenvalue weighted by Crippen LogP contribution is -2.54. The van der Waals surface area contributed by atoms with E-state index in [0.717, 1.165) is 45.5 Å². The van der Waals surface area contributed by atoms with Gasteiger partial charge in [-0.1, -0.05) is 36.4 Å². The van der Waals surface area contributed by atoms with Gasteiger partial charge in [0, 0.05) is 86.3 Å². The molecule has 0 aliphatic rings. The van der Waals surface area contributed by atoms with Crippen molar-refractivity contribution in [3.63, 3.8) is 0 Å². The molecule has 0 aliphatic carbocycles. The number of hydrogen-bond donors (Lipinski definition) is 6. The number of aromatic amines is 2. The molecule has 0 radical (unpaired) electrons. The molecular weight excluding hydrogens is 681 g/mol. The topological polar surface area (TPSA) is 169 Å². The number of hydrogen-bond acceptors (Lipinski definition) is 10. The van der Waals surface area contributed by atoms with Crippen LogP contribution in [0.5, 0.6) is 0 Å². The van der Waals surface area contributed by atoms with Gasteiger partial charge >= 0.3 is 0 Å². The Hall–Kier alpha value is -4.05. The molecule has 14 heteroatoms. The van der Waals surface area contributed by atoms with Crippen LogP contribution in [0.3, 0.4) is 0 Å². The number of aromatic nitrogens is 2. The van der Waals surface area contributed by atoms with Crippen molar-refractivity contribution in [1.82, 2.24) is 35.3 Å². The fourth-order valence-electron chi connectivity index (χ4n) is 6.45. The summed E-state index contributed by atoms with van der Waals surface area (Å²) in [6, 6.07) is 14.7.